The van der Waals surface area contributed by atoms with Crippen molar-refractivity contribution in [2.24, 2.45) is 0 Å². The minimum absolute atomic E-state index is 0.159. The number of hydrogen-bond donors (Lipinski definition) is 1. The SMILES string of the molecule is CCCn1ncc(Br)c1C(C)(C)CCNC1CC1. The van der Waals surface area contributed by atoms with Gasteiger partial charge in [0.1, 0.15) is 0 Å². The maximum absolute atomic E-state index is 4.48. The van der Waals surface area contributed by atoms with E-state index in [1.807, 2.05) is 6.20 Å². The molecule has 0 aromatic carbocycles. The van der Waals surface area contributed by atoms with Gasteiger partial charge in [-0.3, -0.25) is 4.68 Å². The molecule has 1 aliphatic rings. The molecule has 1 N–H and O–H groups in total. The Morgan fingerprint density at radius 1 is 1.50 bits per heavy atom. The smallest absolute Gasteiger partial charge is 0.0635 e. The van der Waals surface area contributed by atoms with Crippen LogP contribution in [0.15, 0.2) is 10.7 Å². The first-order valence-corrected chi connectivity index (χ1v) is 7.79. The molecule has 3 nitrogen and oxygen atoms in total. The van der Waals surface area contributed by atoms with Gasteiger partial charge in [-0.05, 0) is 48.2 Å². The summed E-state index contributed by atoms with van der Waals surface area (Å²) in [7, 11) is 0. The van der Waals surface area contributed by atoms with Gasteiger partial charge in [0.15, 0.2) is 0 Å². The zero-order valence-electron chi connectivity index (χ0n) is 11.7. The molecule has 4 heteroatoms. The van der Waals surface area contributed by atoms with E-state index in [9.17, 15) is 0 Å². The van der Waals surface area contributed by atoms with E-state index >= 15 is 0 Å². The fourth-order valence-electron chi connectivity index (χ4n) is 2.41. The van der Waals surface area contributed by atoms with Crippen molar-refractivity contribution in [3.05, 3.63) is 16.4 Å². The third-order valence-electron chi connectivity index (χ3n) is 3.63. The van der Waals surface area contributed by atoms with Gasteiger partial charge >= 0.3 is 0 Å². The second kappa shape index (κ2) is 5.74. The molecule has 1 aromatic rings. The second-order valence-corrected chi connectivity index (χ2v) is 6.78. The second-order valence-electron chi connectivity index (χ2n) is 5.93. The quantitative estimate of drug-likeness (QED) is 0.835. The van der Waals surface area contributed by atoms with Crippen molar-refractivity contribution in [3.8, 4) is 0 Å². The van der Waals surface area contributed by atoms with E-state index in [1.165, 1.54) is 18.5 Å². The highest BCUT2D eigenvalue weighted by atomic mass is 79.9. The molecule has 1 saturated carbocycles. The van der Waals surface area contributed by atoms with Gasteiger partial charge in [-0.25, -0.2) is 0 Å². The van der Waals surface area contributed by atoms with Crippen LogP contribution in [0, 0.1) is 0 Å². The molecular weight excluding hydrogens is 290 g/mol. The standard InChI is InChI=1S/C14H24BrN3/c1-4-9-18-13(12(15)10-17-18)14(2,3)7-8-16-11-5-6-11/h10-11,16H,4-9H2,1-3H3. The third kappa shape index (κ3) is 3.35. The predicted molar refractivity (Wildman–Crippen MR) is 78.9 cm³/mol. The molecule has 0 radical (unpaired) electrons. The number of nitrogens with zero attached hydrogens (tertiary/aromatic N) is 2. The van der Waals surface area contributed by atoms with Gasteiger partial charge in [0.05, 0.1) is 16.4 Å². The lowest BCUT2D eigenvalue weighted by Crippen LogP contribution is -2.29. The van der Waals surface area contributed by atoms with Crippen LogP contribution in [0.3, 0.4) is 0 Å². The maximum atomic E-state index is 4.48. The Hall–Kier alpha value is -0.350. The average Bonchev–Trinajstić information content (AvgIpc) is 3.03. The van der Waals surface area contributed by atoms with Crippen LogP contribution in [0.1, 0.15) is 52.1 Å². The van der Waals surface area contributed by atoms with Crippen molar-refractivity contribution in [2.45, 2.75) is 64.5 Å². The summed E-state index contributed by atoms with van der Waals surface area (Å²) in [5.74, 6) is 0. The summed E-state index contributed by atoms with van der Waals surface area (Å²) in [6, 6.07) is 0.796. The first-order valence-electron chi connectivity index (χ1n) is 7.00. The van der Waals surface area contributed by atoms with Crippen molar-refractivity contribution in [2.75, 3.05) is 6.54 Å². The summed E-state index contributed by atoms with van der Waals surface area (Å²) in [6.45, 7) is 8.92. The fraction of sp³-hybridized carbons (Fsp3) is 0.786. The number of aromatic nitrogens is 2. The summed E-state index contributed by atoms with van der Waals surface area (Å²) in [6.07, 6.45) is 6.92. The van der Waals surface area contributed by atoms with Crippen LogP contribution in [-0.2, 0) is 12.0 Å². The summed E-state index contributed by atoms with van der Waals surface area (Å²) in [4.78, 5) is 0. The maximum Gasteiger partial charge on any atom is 0.0635 e. The molecule has 102 valence electrons. The van der Waals surface area contributed by atoms with Crippen molar-refractivity contribution in [1.29, 1.82) is 0 Å². The van der Waals surface area contributed by atoms with E-state index < -0.39 is 0 Å². The number of aryl methyl sites for hydroxylation is 1. The Morgan fingerprint density at radius 2 is 2.22 bits per heavy atom. The van der Waals surface area contributed by atoms with Crippen LogP contribution in [0.25, 0.3) is 0 Å². The Balaban J connectivity index is 2.03. The molecule has 0 aliphatic heterocycles. The van der Waals surface area contributed by atoms with E-state index in [1.54, 1.807) is 0 Å². The normalized spacial score (nSPS) is 16.2. The highest BCUT2D eigenvalue weighted by Crippen LogP contribution is 2.33. The van der Waals surface area contributed by atoms with Gasteiger partial charge in [0, 0.05) is 18.0 Å². The molecular formula is C14H24BrN3. The molecule has 0 spiro atoms. The highest BCUT2D eigenvalue weighted by Gasteiger charge is 2.28. The molecule has 18 heavy (non-hydrogen) atoms. The summed E-state index contributed by atoms with van der Waals surface area (Å²) in [5.41, 5.74) is 1.49. The Bertz CT molecular complexity index is 394. The number of rotatable bonds is 7. The van der Waals surface area contributed by atoms with Crippen LogP contribution in [0.5, 0.6) is 0 Å². The first kappa shape index (κ1) is 14.1. The van der Waals surface area contributed by atoms with Gasteiger partial charge in [-0.1, -0.05) is 20.8 Å². The summed E-state index contributed by atoms with van der Waals surface area (Å²) >= 11 is 3.65. The van der Waals surface area contributed by atoms with E-state index in [0.29, 0.717) is 0 Å². The van der Waals surface area contributed by atoms with E-state index in [2.05, 4.69) is 51.8 Å². The Labute approximate surface area is 118 Å². The number of halogens is 1. The molecule has 1 aromatic heterocycles. The lowest BCUT2D eigenvalue weighted by atomic mass is 9.85. The van der Waals surface area contributed by atoms with Crippen molar-refractivity contribution < 1.29 is 0 Å². The van der Waals surface area contributed by atoms with Crippen LogP contribution < -0.4 is 5.32 Å². The fourth-order valence-corrected chi connectivity index (χ4v) is 3.24. The largest absolute Gasteiger partial charge is 0.314 e. The molecule has 0 saturated heterocycles. The topological polar surface area (TPSA) is 29.9 Å². The Morgan fingerprint density at radius 3 is 2.83 bits per heavy atom. The van der Waals surface area contributed by atoms with E-state index in [0.717, 1.165) is 36.4 Å². The minimum Gasteiger partial charge on any atom is -0.314 e. The monoisotopic (exact) mass is 313 g/mol. The van der Waals surface area contributed by atoms with Gasteiger partial charge < -0.3 is 5.32 Å². The van der Waals surface area contributed by atoms with E-state index in [-0.39, 0.29) is 5.41 Å². The molecule has 2 rings (SSSR count). The summed E-state index contributed by atoms with van der Waals surface area (Å²) in [5, 5.41) is 8.08. The number of hydrogen-bond acceptors (Lipinski definition) is 2. The Kier molecular flexibility index (Phi) is 4.49. The zero-order valence-corrected chi connectivity index (χ0v) is 13.3. The first-order chi connectivity index (χ1) is 8.54. The van der Waals surface area contributed by atoms with Gasteiger partial charge in [-0.15, -0.1) is 0 Å². The average molecular weight is 314 g/mol. The molecule has 1 fully saturated rings. The van der Waals surface area contributed by atoms with Crippen LogP contribution in [0.2, 0.25) is 0 Å². The number of nitrogens with one attached hydrogen (secondary N) is 1. The van der Waals surface area contributed by atoms with Gasteiger partial charge in [-0.2, -0.15) is 5.10 Å². The van der Waals surface area contributed by atoms with Gasteiger partial charge in [0.2, 0.25) is 0 Å². The lowest BCUT2D eigenvalue weighted by molar-refractivity contribution is 0.408. The van der Waals surface area contributed by atoms with Crippen LogP contribution in [0.4, 0.5) is 0 Å². The minimum atomic E-state index is 0.159. The zero-order chi connectivity index (χ0) is 13.2. The molecule has 0 atom stereocenters. The van der Waals surface area contributed by atoms with Crippen LogP contribution >= 0.6 is 15.9 Å². The molecule has 1 aliphatic carbocycles. The van der Waals surface area contributed by atoms with E-state index in [4.69, 9.17) is 0 Å². The highest BCUT2D eigenvalue weighted by molar-refractivity contribution is 9.10. The van der Waals surface area contributed by atoms with Crippen LogP contribution in [-0.4, -0.2) is 22.4 Å². The van der Waals surface area contributed by atoms with Gasteiger partial charge in [0.25, 0.3) is 0 Å². The molecule has 0 amide bonds. The van der Waals surface area contributed by atoms with Crippen molar-refractivity contribution >= 4 is 15.9 Å². The predicted octanol–water partition coefficient (Wildman–Crippen LogP) is 3.48. The lowest BCUT2D eigenvalue weighted by Gasteiger charge is -2.26. The summed E-state index contributed by atoms with van der Waals surface area (Å²) < 4.78 is 3.30. The third-order valence-corrected chi connectivity index (χ3v) is 4.21. The van der Waals surface area contributed by atoms with Crippen molar-refractivity contribution in [3.63, 3.8) is 0 Å². The molecule has 0 bridgehead atoms. The molecule has 1 heterocycles. The van der Waals surface area contributed by atoms with Crippen molar-refractivity contribution in [1.82, 2.24) is 15.1 Å². The molecule has 0 unspecified atom stereocenters.